The first-order valence-electron chi connectivity index (χ1n) is 9.83. The molecule has 4 nitrogen and oxygen atoms in total. The van der Waals surface area contributed by atoms with Crippen molar-refractivity contribution in [3.05, 3.63) is 71.4 Å². The third-order valence-electron chi connectivity index (χ3n) is 5.52. The number of fused-ring (bicyclic) bond motifs is 4. The Hall–Kier alpha value is -3.10. The lowest BCUT2D eigenvalue weighted by atomic mass is 10.2. The number of rotatable bonds is 4. The van der Waals surface area contributed by atoms with E-state index in [4.69, 9.17) is 4.98 Å². The van der Waals surface area contributed by atoms with Crippen LogP contribution in [0.3, 0.4) is 0 Å². The van der Waals surface area contributed by atoms with Crippen LogP contribution in [0.2, 0.25) is 0 Å². The van der Waals surface area contributed by atoms with E-state index in [2.05, 4.69) is 18.2 Å². The zero-order valence-corrected chi connectivity index (χ0v) is 16.7. The fourth-order valence-corrected chi connectivity index (χ4v) is 5.09. The van der Waals surface area contributed by atoms with Crippen LogP contribution in [-0.2, 0) is 12.8 Å². The summed E-state index contributed by atoms with van der Waals surface area (Å²) < 4.78 is 1.83. The molecule has 2 aromatic heterocycles. The highest BCUT2D eigenvalue weighted by atomic mass is 32.2. The first-order valence-corrected chi connectivity index (χ1v) is 10.8. The Morgan fingerprint density at radius 2 is 1.76 bits per heavy atom. The summed E-state index contributed by atoms with van der Waals surface area (Å²) >= 11 is 1.51. The molecule has 0 saturated heterocycles. The Balaban J connectivity index is 1.40. The van der Waals surface area contributed by atoms with Crippen LogP contribution < -0.4 is 0 Å². The monoisotopic (exact) mass is 397 g/mol. The van der Waals surface area contributed by atoms with Crippen molar-refractivity contribution in [2.24, 2.45) is 0 Å². The summed E-state index contributed by atoms with van der Waals surface area (Å²) in [4.78, 5) is 17.8. The second-order valence-electron chi connectivity index (χ2n) is 7.27. The zero-order chi connectivity index (χ0) is 19.8. The van der Waals surface area contributed by atoms with Gasteiger partial charge in [0.1, 0.15) is 11.1 Å². The number of nitriles is 1. The van der Waals surface area contributed by atoms with Gasteiger partial charge in [0, 0.05) is 28.6 Å². The summed E-state index contributed by atoms with van der Waals surface area (Å²) in [6.07, 6.45) is 3.48. The molecule has 0 unspecified atom stereocenters. The summed E-state index contributed by atoms with van der Waals surface area (Å²) in [6, 6.07) is 20.3. The van der Waals surface area contributed by atoms with E-state index in [1.807, 2.05) is 47.0 Å². The molecule has 0 amide bonds. The molecule has 1 aliphatic rings. The minimum Gasteiger partial charge on any atom is -0.280 e. The number of hydrogen-bond donors (Lipinski definition) is 0. The molecule has 142 valence electrons. The standard InChI is InChI=1S/C24H19N3OS/c25-15-17-14-16-6-5-9-20(16)26-24(17)29-13-12-23(28)27-21-10-3-1-7-18(21)19-8-2-4-11-22(19)27/h1-4,7-8,10-11,14H,5-6,9,12-13H2. The van der Waals surface area contributed by atoms with Gasteiger partial charge in [0.2, 0.25) is 5.91 Å². The molecule has 2 heterocycles. The van der Waals surface area contributed by atoms with Gasteiger partial charge in [0.05, 0.1) is 16.6 Å². The smallest absolute Gasteiger partial charge is 0.232 e. The van der Waals surface area contributed by atoms with Crippen LogP contribution in [0.25, 0.3) is 21.8 Å². The van der Waals surface area contributed by atoms with Gasteiger partial charge in [-0.05, 0) is 43.0 Å². The van der Waals surface area contributed by atoms with Crippen LogP contribution in [0.4, 0.5) is 0 Å². The molecule has 0 atom stereocenters. The van der Waals surface area contributed by atoms with Crippen LogP contribution in [0.5, 0.6) is 0 Å². The average molecular weight is 398 g/mol. The van der Waals surface area contributed by atoms with Crippen molar-refractivity contribution in [2.75, 3.05) is 5.75 Å². The van der Waals surface area contributed by atoms with Crippen LogP contribution >= 0.6 is 11.8 Å². The molecule has 4 aromatic rings. The number of nitrogens with zero attached hydrogens (tertiary/aromatic N) is 3. The maximum Gasteiger partial charge on any atom is 0.232 e. The molecule has 0 fully saturated rings. The van der Waals surface area contributed by atoms with E-state index in [1.54, 1.807) is 0 Å². The van der Waals surface area contributed by atoms with Crippen molar-refractivity contribution >= 4 is 39.5 Å². The summed E-state index contributed by atoms with van der Waals surface area (Å²) in [5.41, 5.74) is 4.82. The van der Waals surface area contributed by atoms with Crippen LogP contribution in [0.15, 0.2) is 59.6 Å². The first-order chi connectivity index (χ1) is 14.3. The Kier molecular flexibility index (Phi) is 4.57. The number of thioether (sulfide) groups is 1. The predicted octanol–water partition coefficient (Wildman–Crippen LogP) is 5.37. The molecule has 5 heteroatoms. The van der Waals surface area contributed by atoms with Gasteiger partial charge in [0.25, 0.3) is 0 Å². The molecule has 0 spiro atoms. The van der Waals surface area contributed by atoms with E-state index in [0.717, 1.165) is 51.8 Å². The molecule has 2 aromatic carbocycles. The normalized spacial score (nSPS) is 12.9. The summed E-state index contributed by atoms with van der Waals surface area (Å²) in [5.74, 6) is 0.662. The van der Waals surface area contributed by atoms with Crippen molar-refractivity contribution in [2.45, 2.75) is 30.7 Å². The lowest BCUT2D eigenvalue weighted by molar-refractivity contribution is 0.0920. The van der Waals surface area contributed by atoms with Crippen LogP contribution in [0.1, 0.15) is 34.5 Å². The average Bonchev–Trinajstić information content (AvgIpc) is 3.34. The van der Waals surface area contributed by atoms with Gasteiger partial charge in [0.15, 0.2) is 0 Å². The Bertz CT molecular complexity index is 1250. The fraction of sp³-hybridized carbons (Fsp3) is 0.208. The van der Waals surface area contributed by atoms with E-state index >= 15 is 0 Å². The van der Waals surface area contributed by atoms with Gasteiger partial charge in [-0.2, -0.15) is 5.26 Å². The van der Waals surface area contributed by atoms with Crippen molar-refractivity contribution in [1.82, 2.24) is 9.55 Å². The van der Waals surface area contributed by atoms with E-state index in [9.17, 15) is 10.1 Å². The fourth-order valence-electron chi connectivity index (χ4n) is 4.18. The minimum atomic E-state index is 0.0644. The number of aromatic nitrogens is 2. The highest BCUT2D eigenvalue weighted by molar-refractivity contribution is 7.99. The number of para-hydroxylation sites is 2. The Labute approximate surface area is 173 Å². The van der Waals surface area contributed by atoms with Crippen LogP contribution in [-0.4, -0.2) is 21.2 Å². The predicted molar refractivity (Wildman–Crippen MR) is 116 cm³/mol. The second kappa shape index (κ2) is 7.38. The molecule has 5 rings (SSSR count). The molecule has 0 saturated carbocycles. The largest absolute Gasteiger partial charge is 0.280 e. The second-order valence-corrected chi connectivity index (χ2v) is 8.36. The summed E-state index contributed by atoms with van der Waals surface area (Å²) in [7, 11) is 0. The van der Waals surface area contributed by atoms with Crippen molar-refractivity contribution in [3.8, 4) is 6.07 Å². The maximum absolute atomic E-state index is 13.1. The number of hydrogen-bond acceptors (Lipinski definition) is 4. The molecular weight excluding hydrogens is 378 g/mol. The molecule has 1 aliphatic carbocycles. The van der Waals surface area contributed by atoms with Gasteiger partial charge in [-0.25, -0.2) is 4.98 Å². The Morgan fingerprint density at radius 1 is 1.07 bits per heavy atom. The third kappa shape index (κ3) is 3.10. The van der Waals surface area contributed by atoms with E-state index in [1.165, 1.54) is 17.3 Å². The lowest BCUT2D eigenvalue weighted by Gasteiger charge is -2.08. The molecule has 0 N–H and O–H groups in total. The van der Waals surface area contributed by atoms with Gasteiger partial charge in [-0.3, -0.25) is 9.36 Å². The van der Waals surface area contributed by atoms with Gasteiger partial charge in [-0.15, -0.1) is 11.8 Å². The molecular formula is C24H19N3OS. The summed E-state index contributed by atoms with van der Waals surface area (Å²) in [6.45, 7) is 0. The Morgan fingerprint density at radius 3 is 2.45 bits per heavy atom. The molecule has 0 radical (unpaired) electrons. The maximum atomic E-state index is 13.1. The molecule has 0 bridgehead atoms. The number of aryl methyl sites for hydroxylation is 2. The number of carbonyl (C=O) groups is 1. The van der Waals surface area contributed by atoms with Crippen molar-refractivity contribution < 1.29 is 4.79 Å². The lowest BCUT2D eigenvalue weighted by Crippen LogP contribution is -2.11. The SMILES string of the molecule is N#Cc1cc2c(nc1SCCC(=O)n1c3ccccc3c3ccccc31)CCC2. The van der Waals surface area contributed by atoms with E-state index in [-0.39, 0.29) is 5.91 Å². The number of benzene rings is 2. The highest BCUT2D eigenvalue weighted by Gasteiger charge is 2.18. The number of carbonyl (C=O) groups excluding carboxylic acids is 1. The zero-order valence-electron chi connectivity index (χ0n) is 15.9. The van der Waals surface area contributed by atoms with Crippen molar-refractivity contribution in [1.29, 1.82) is 5.26 Å². The quantitative estimate of drug-likeness (QED) is 0.434. The highest BCUT2D eigenvalue weighted by Crippen LogP contribution is 2.31. The summed E-state index contributed by atoms with van der Waals surface area (Å²) in [5, 5.41) is 12.4. The van der Waals surface area contributed by atoms with Crippen LogP contribution in [0, 0.1) is 11.3 Å². The van der Waals surface area contributed by atoms with Gasteiger partial charge in [-0.1, -0.05) is 36.4 Å². The number of pyridine rings is 1. The topological polar surface area (TPSA) is 58.7 Å². The molecule has 0 aliphatic heterocycles. The van der Waals surface area contributed by atoms with Crippen molar-refractivity contribution in [3.63, 3.8) is 0 Å². The first kappa shape index (κ1) is 18.0. The third-order valence-corrected chi connectivity index (χ3v) is 6.51. The van der Waals surface area contributed by atoms with Gasteiger partial charge >= 0.3 is 0 Å². The minimum absolute atomic E-state index is 0.0644. The van der Waals surface area contributed by atoms with E-state index < -0.39 is 0 Å². The van der Waals surface area contributed by atoms with Gasteiger partial charge < -0.3 is 0 Å². The van der Waals surface area contributed by atoms with E-state index in [0.29, 0.717) is 17.7 Å². The molecule has 29 heavy (non-hydrogen) atoms.